The fraction of sp³-hybridized carbons (Fsp3) is 0.353. The maximum absolute atomic E-state index is 14.0. The lowest BCUT2D eigenvalue weighted by atomic mass is 9.92. The smallest absolute Gasteiger partial charge is 0.305 e. The normalized spacial score (nSPS) is 12.8. The van der Waals surface area contributed by atoms with E-state index in [2.05, 4.69) is 9.68 Å². The molecule has 2 aromatic rings. The van der Waals surface area contributed by atoms with Gasteiger partial charge in [0.15, 0.2) is 0 Å². The van der Waals surface area contributed by atoms with Gasteiger partial charge in [0.05, 0.1) is 9.23 Å². The number of halogens is 3. The zero-order valence-electron chi connectivity index (χ0n) is 14.8. The van der Waals surface area contributed by atoms with Crippen molar-refractivity contribution >= 4 is 57.1 Å². The van der Waals surface area contributed by atoms with Crippen molar-refractivity contribution in [1.82, 2.24) is 0 Å². The number of urea groups is 1. The Bertz CT molecular complexity index is 837. The van der Waals surface area contributed by atoms with Crippen LogP contribution in [0.1, 0.15) is 50.7 Å². The highest BCUT2D eigenvalue weighted by Gasteiger charge is 2.18. The van der Waals surface area contributed by atoms with E-state index in [1.807, 2.05) is 27.7 Å². The van der Waals surface area contributed by atoms with Crippen molar-refractivity contribution in [1.29, 1.82) is 0 Å². The average Bonchev–Trinajstić information content (AvgIpc) is 2.86. The lowest BCUT2D eigenvalue weighted by Gasteiger charge is -2.19. The number of nitrogens with two attached hydrogens (primary N) is 1. The van der Waals surface area contributed by atoms with Crippen LogP contribution in [-0.2, 0) is 10.9 Å². The summed E-state index contributed by atoms with van der Waals surface area (Å²) in [5.41, 5.74) is 2.01. The van der Waals surface area contributed by atoms with Crippen molar-refractivity contribution in [3.63, 3.8) is 0 Å². The van der Waals surface area contributed by atoms with Gasteiger partial charge in [0, 0.05) is 16.6 Å². The second kappa shape index (κ2) is 8.80. The van der Waals surface area contributed by atoms with E-state index in [1.54, 1.807) is 6.07 Å². The Balaban J connectivity index is 2.39. The second-order valence-electron chi connectivity index (χ2n) is 6.29. The number of benzene rings is 1. The number of hydrogen-bond acceptors (Lipinski definition) is 2. The Hall–Kier alpha value is -0.990. The van der Waals surface area contributed by atoms with Gasteiger partial charge < -0.3 is 5.32 Å². The number of anilines is 1. The van der Waals surface area contributed by atoms with E-state index >= 15 is 0 Å². The van der Waals surface area contributed by atoms with Crippen LogP contribution in [0.15, 0.2) is 27.5 Å². The lowest BCUT2D eigenvalue weighted by molar-refractivity contribution is 0.260. The Morgan fingerprint density at radius 2 is 1.73 bits per heavy atom. The van der Waals surface area contributed by atoms with Gasteiger partial charge in [-0.3, -0.25) is 5.14 Å². The van der Waals surface area contributed by atoms with Crippen LogP contribution in [0, 0.1) is 5.82 Å². The van der Waals surface area contributed by atoms with E-state index in [9.17, 15) is 9.18 Å². The SMILES string of the molecule is CC(C)c1cc(F)cc(C(C)C)c1NC(=O)N=S(N)c1cc(Cl)sc1Cl. The van der Waals surface area contributed by atoms with Crippen molar-refractivity contribution < 1.29 is 9.18 Å². The molecular weight excluding hydrogens is 416 g/mol. The number of rotatable bonds is 4. The minimum Gasteiger partial charge on any atom is -0.305 e. The molecule has 0 saturated carbocycles. The van der Waals surface area contributed by atoms with Crippen molar-refractivity contribution in [2.24, 2.45) is 9.50 Å². The second-order valence-corrected chi connectivity index (χ2v) is 9.83. The van der Waals surface area contributed by atoms with Crippen LogP contribution in [0.4, 0.5) is 14.9 Å². The summed E-state index contributed by atoms with van der Waals surface area (Å²) in [6.45, 7) is 7.75. The maximum atomic E-state index is 14.0. The quantitative estimate of drug-likeness (QED) is 0.560. The van der Waals surface area contributed by atoms with E-state index in [-0.39, 0.29) is 17.7 Å². The summed E-state index contributed by atoms with van der Waals surface area (Å²) >= 11 is 13.1. The Morgan fingerprint density at radius 3 is 2.15 bits per heavy atom. The summed E-state index contributed by atoms with van der Waals surface area (Å²) in [6, 6.07) is 3.86. The molecule has 1 aromatic heterocycles. The summed E-state index contributed by atoms with van der Waals surface area (Å²) in [5, 5.41) is 8.77. The van der Waals surface area contributed by atoms with Gasteiger partial charge in [-0.05, 0) is 41.2 Å². The molecule has 0 spiro atoms. The van der Waals surface area contributed by atoms with E-state index < -0.39 is 16.9 Å². The monoisotopic (exact) mass is 435 g/mol. The molecule has 0 aliphatic rings. The topological polar surface area (TPSA) is 67.5 Å². The number of nitrogens with zero attached hydrogens (tertiary/aromatic N) is 1. The third-order valence-electron chi connectivity index (χ3n) is 3.67. The minimum absolute atomic E-state index is 0.0275. The number of carbonyl (C=O) groups is 1. The third-order valence-corrected chi connectivity index (χ3v) is 6.54. The van der Waals surface area contributed by atoms with E-state index in [1.165, 1.54) is 23.5 Å². The molecule has 26 heavy (non-hydrogen) atoms. The van der Waals surface area contributed by atoms with Crippen LogP contribution < -0.4 is 10.5 Å². The van der Waals surface area contributed by atoms with E-state index in [0.29, 0.717) is 30.4 Å². The van der Waals surface area contributed by atoms with E-state index in [0.717, 1.165) is 0 Å². The number of nitrogens with one attached hydrogen (secondary N) is 1. The van der Waals surface area contributed by atoms with Crippen LogP contribution >= 0.6 is 34.5 Å². The van der Waals surface area contributed by atoms with E-state index in [4.69, 9.17) is 28.3 Å². The van der Waals surface area contributed by atoms with Gasteiger partial charge in [0.2, 0.25) is 0 Å². The molecule has 0 aliphatic heterocycles. The van der Waals surface area contributed by atoms with Crippen molar-refractivity contribution in [2.45, 2.75) is 44.4 Å². The first-order valence-corrected chi connectivity index (χ1v) is 10.7. The highest BCUT2D eigenvalue weighted by Crippen LogP contribution is 2.35. The maximum Gasteiger partial charge on any atom is 0.352 e. The number of hydrogen-bond donors (Lipinski definition) is 2. The average molecular weight is 436 g/mol. The third kappa shape index (κ3) is 5.04. The first-order valence-electron chi connectivity index (χ1n) is 7.89. The summed E-state index contributed by atoms with van der Waals surface area (Å²) in [5.74, 6) is -0.273. The molecule has 4 nitrogen and oxygen atoms in total. The van der Waals surface area contributed by atoms with Crippen LogP contribution in [0.2, 0.25) is 8.67 Å². The first kappa shape index (κ1) is 21.3. The predicted molar refractivity (Wildman–Crippen MR) is 110 cm³/mol. The van der Waals surface area contributed by atoms with Gasteiger partial charge in [-0.2, -0.15) is 4.36 Å². The molecule has 2 rings (SSSR count). The summed E-state index contributed by atoms with van der Waals surface area (Å²) in [7, 11) is -1.23. The summed E-state index contributed by atoms with van der Waals surface area (Å²) in [6.07, 6.45) is 0. The van der Waals surface area contributed by atoms with Gasteiger partial charge in [-0.1, -0.05) is 50.9 Å². The molecule has 0 aliphatic carbocycles. The fourth-order valence-electron chi connectivity index (χ4n) is 2.44. The highest BCUT2D eigenvalue weighted by atomic mass is 35.5. The molecule has 3 N–H and O–H groups in total. The Morgan fingerprint density at radius 1 is 1.19 bits per heavy atom. The molecule has 2 amide bonds. The molecule has 9 heteroatoms. The lowest BCUT2D eigenvalue weighted by Crippen LogP contribution is -2.15. The predicted octanol–water partition coefficient (Wildman–Crippen LogP) is 6.71. The molecule has 1 atom stereocenters. The van der Waals surface area contributed by atoms with Gasteiger partial charge >= 0.3 is 6.03 Å². The van der Waals surface area contributed by atoms with Gasteiger partial charge in [-0.15, -0.1) is 11.3 Å². The molecule has 1 heterocycles. The first-order chi connectivity index (χ1) is 12.1. The number of carbonyl (C=O) groups excluding carboxylic acids is 1. The van der Waals surface area contributed by atoms with Crippen molar-refractivity contribution in [3.8, 4) is 0 Å². The molecule has 0 radical (unpaired) electrons. The Kier molecular flexibility index (Phi) is 7.21. The van der Waals surface area contributed by atoms with Crippen LogP contribution in [0.3, 0.4) is 0 Å². The van der Waals surface area contributed by atoms with Crippen LogP contribution in [0.25, 0.3) is 0 Å². The fourth-order valence-corrected chi connectivity index (χ4v) is 5.19. The molecule has 0 saturated heterocycles. The van der Waals surface area contributed by atoms with Crippen LogP contribution in [0.5, 0.6) is 0 Å². The van der Waals surface area contributed by atoms with Gasteiger partial charge in [0.25, 0.3) is 0 Å². The molecule has 1 unspecified atom stereocenters. The Labute approximate surface area is 169 Å². The number of amides is 2. The zero-order valence-corrected chi connectivity index (χ0v) is 17.9. The zero-order chi connectivity index (χ0) is 19.6. The summed E-state index contributed by atoms with van der Waals surface area (Å²) < 4.78 is 18.8. The summed E-state index contributed by atoms with van der Waals surface area (Å²) in [4.78, 5) is 12.9. The van der Waals surface area contributed by atoms with Gasteiger partial charge in [0.1, 0.15) is 10.2 Å². The van der Waals surface area contributed by atoms with Gasteiger partial charge in [-0.25, -0.2) is 9.18 Å². The highest BCUT2D eigenvalue weighted by molar-refractivity contribution is 7.85. The molecule has 0 fully saturated rings. The van der Waals surface area contributed by atoms with Crippen LogP contribution in [-0.4, -0.2) is 6.03 Å². The number of thiophene rings is 1. The van der Waals surface area contributed by atoms with Crippen molar-refractivity contribution in [2.75, 3.05) is 5.32 Å². The largest absolute Gasteiger partial charge is 0.352 e. The molecule has 1 aromatic carbocycles. The molecular formula is C17H20Cl2FN3OS2. The minimum atomic E-state index is -1.23. The van der Waals surface area contributed by atoms with Crippen molar-refractivity contribution in [3.05, 3.63) is 43.8 Å². The molecule has 0 bridgehead atoms. The standard InChI is InChI=1S/C17H20Cl2FN3OS2/c1-8(2)11-5-10(20)6-12(9(3)4)15(11)22-17(24)23-26(21)13-7-14(18)25-16(13)19/h5-9H,1-4H3,(H3,21,22,23,24). The molecule has 142 valence electrons.